The van der Waals surface area contributed by atoms with Crippen molar-refractivity contribution in [3.63, 3.8) is 0 Å². The van der Waals surface area contributed by atoms with Crippen molar-refractivity contribution in [3.05, 3.63) is 30.3 Å². The second kappa shape index (κ2) is 4.09. The second-order valence-corrected chi connectivity index (χ2v) is 6.63. The second-order valence-electron chi connectivity index (χ2n) is 3.93. The maximum absolute atomic E-state index is 11.9. The van der Waals surface area contributed by atoms with Gasteiger partial charge in [0.15, 0.2) is 9.84 Å². The first-order valence-electron chi connectivity index (χ1n) is 4.15. The molecule has 0 aliphatic carbocycles. The summed E-state index contributed by atoms with van der Waals surface area (Å²) in [4.78, 5) is 0.391. The van der Waals surface area contributed by atoms with Gasteiger partial charge in [-0.3, -0.25) is 4.70 Å². The van der Waals surface area contributed by atoms with E-state index in [0.717, 1.165) is 0 Å². The molecule has 4 heteroatoms. The van der Waals surface area contributed by atoms with Crippen molar-refractivity contribution >= 4 is 9.84 Å². The lowest BCUT2D eigenvalue weighted by atomic mass is 10.3. The highest BCUT2D eigenvalue weighted by Crippen LogP contribution is 2.23. The molecule has 0 radical (unpaired) electrons. The molecule has 1 aromatic carbocycles. The minimum absolute atomic E-state index is 0. The number of rotatable bonds is 1. The molecule has 1 rings (SSSR count). The van der Waals surface area contributed by atoms with Crippen LogP contribution in [0.5, 0.6) is 0 Å². The van der Waals surface area contributed by atoms with Crippen LogP contribution in [0.25, 0.3) is 0 Å². The molecule has 0 heterocycles. The zero-order valence-electron chi connectivity index (χ0n) is 8.52. The summed E-state index contributed by atoms with van der Waals surface area (Å²) in [5.41, 5.74) is 0. The molecule has 0 saturated heterocycles. The fourth-order valence-corrected chi connectivity index (χ4v) is 2.18. The van der Waals surface area contributed by atoms with E-state index >= 15 is 0 Å². The average molecular weight is 218 g/mol. The minimum Gasteiger partial charge on any atom is -0.269 e. The van der Waals surface area contributed by atoms with Crippen LogP contribution in [-0.2, 0) is 9.84 Å². The quantitative estimate of drug-likeness (QED) is 0.725. The van der Waals surface area contributed by atoms with Crippen molar-refractivity contribution in [1.82, 2.24) is 0 Å². The SMILES string of the molecule is CC(C)(C)S(=O)(=O)c1ccccc1.F. The maximum Gasteiger partial charge on any atom is 0.183 e. The number of sulfone groups is 1. The summed E-state index contributed by atoms with van der Waals surface area (Å²) in [6.07, 6.45) is 0. The van der Waals surface area contributed by atoms with Crippen molar-refractivity contribution in [3.8, 4) is 0 Å². The molecule has 2 nitrogen and oxygen atoms in total. The number of benzene rings is 1. The molecule has 0 spiro atoms. The van der Waals surface area contributed by atoms with Crippen molar-refractivity contribution < 1.29 is 13.1 Å². The summed E-state index contributed by atoms with van der Waals surface area (Å²) in [6, 6.07) is 8.53. The third kappa shape index (κ3) is 2.32. The Labute approximate surface area is 84.2 Å². The smallest absolute Gasteiger partial charge is 0.183 e. The molecule has 0 fully saturated rings. The molecule has 80 valence electrons. The minimum atomic E-state index is -3.18. The molecule has 0 N–H and O–H groups in total. The summed E-state index contributed by atoms with van der Waals surface area (Å²) in [7, 11) is -3.18. The zero-order valence-corrected chi connectivity index (χ0v) is 9.34. The van der Waals surface area contributed by atoms with Crippen LogP contribution in [0.4, 0.5) is 4.70 Å². The first kappa shape index (κ1) is 13.1. The monoisotopic (exact) mass is 218 g/mol. The Hall–Kier alpha value is -0.900. The van der Waals surface area contributed by atoms with Crippen LogP contribution >= 0.6 is 0 Å². The third-order valence-electron chi connectivity index (χ3n) is 1.86. The van der Waals surface area contributed by atoms with Gasteiger partial charge in [0.2, 0.25) is 0 Å². The summed E-state index contributed by atoms with van der Waals surface area (Å²) in [5.74, 6) is 0. The molecule has 0 saturated carbocycles. The van der Waals surface area contributed by atoms with Gasteiger partial charge in [0.05, 0.1) is 9.64 Å². The zero-order chi connectivity index (χ0) is 10.1. The Morgan fingerprint density at radius 3 is 1.79 bits per heavy atom. The fourth-order valence-electron chi connectivity index (χ4n) is 0.953. The van der Waals surface area contributed by atoms with E-state index in [0.29, 0.717) is 4.90 Å². The Morgan fingerprint density at radius 1 is 1.00 bits per heavy atom. The van der Waals surface area contributed by atoms with Crippen molar-refractivity contribution in [2.45, 2.75) is 30.4 Å². The number of hydrogen-bond acceptors (Lipinski definition) is 2. The normalized spacial score (nSPS) is 11.9. The van der Waals surface area contributed by atoms with Crippen LogP contribution in [0.15, 0.2) is 35.2 Å². The number of hydrogen-bond donors (Lipinski definition) is 0. The Bertz CT molecular complexity index is 376. The topological polar surface area (TPSA) is 34.1 Å². The molecule has 0 aromatic heterocycles. The summed E-state index contributed by atoms with van der Waals surface area (Å²) >= 11 is 0. The van der Waals surface area contributed by atoms with Gasteiger partial charge in [-0.2, -0.15) is 0 Å². The number of halogens is 1. The van der Waals surface area contributed by atoms with Crippen LogP contribution in [0.2, 0.25) is 0 Å². The summed E-state index contributed by atoms with van der Waals surface area (Å²) in [5, 5.41) is 0. The van der Waals surface area contributed by atoms with Gasteiger partial charge in [-0.1, -0.05) is 18.2 Å². The van der Waals surface area contributed by atoms with E-state index in [4.69, 9.17) is 0 Å². The largest absolute Gasteiger partial charge is 0.269 e. The third-order valence-corrected chi connectivity index (χ3v) is 4.36. The highest BCUT2D eigenvalue weighted by Gasteiger charge is 2.30. The molecule has 1 aromatic rings. The van der Waals surface area contributed by atoms with Gasteiger partial charge in [-0.25, -0.2) is 8.42 Å². The highest BCUT2D eigenvalue weighted by atomic mass is 32.2. The molecule has 0 unspecified atom stereocenters. The van der Waals surface area contributed by atoms with E-state index in [-0.39, 0.29) is 4.70 Å². The van der Waals surface area contributed by atoms with E-state index in [9.17, 15) is 8.42 Å². The lowest BCUT2D eigenvalue weighted by molar-refractivity contribution is 0.560. The first-order valence-corrected chi connectivity index (χ1v) is 5.64. The Balaban J connectivity index is 0.00000169. The molecule has 0 amide bonds. The van der Waals surface area contributed by atoms with Gasteiger partial charge in [0.25, 0.3) is 0 Å². The van der Waals surface area contributed by atoms with Gasteiger partial charge in [-0.05, 0) is 32.9 Å². The molecule has 0 bridgehead atoms. The highest BCUT2D eigenvalue weighted by molar-refractivity contribution is 7.92. The molecular formula is C10H15FO2S. The lowest BCUT2D eigenvalue weighted by Gasteiger charge is -2.18. The maximum atomic E-state index is 11.9. The van der Waals surface area contributed by atoms with Crippen molar-refractivity contribution in [1.29, 1.82) is 0 Å². The molecule has 0 atom stereocenters. The molecule has 0 aliphatic rings. The van der Waals surface area contributed by atoms with Gasteiger partial charge < -0.3 is 0 Å². The standard InChI is InChI=1S/C10H14O2S.FH/c1-10(2,3)13(11,12)9-7-5-4-6-8-9;/h4-8H,1-3H3;1H. The van der Waals surface area contributed by atoms with Gasteiger partial charge >= 0.3 is 0 Å². The summed E-state index contributed by atoms with van der Waals surface area (Å²) in [6.45, 7) is 5.11. The Morgan fingerprint density at radius 2 is 1.43 bits per heavy atom. The van der Waals surface area contributed by atoms with Crippen LogP contribution in [0, 0.1) is 0 Å². The molecular weight excluding hydrogens is 203 g/mol. The van der Waals surface area contributed by atoms with Gasteiger partial charge in [-0.15, -0.1) is 0 Å². The van der Waals surface area contributed by atoms with Crippen LogP contribution in [0.1, 0.15) is 20.8 Å². The predicted octanol–water partition coefficient (Wildman–Crippen LogP) is 2.41. The van der Waals surface area contributed by atoms with Crippen LogP contribution in [-0.4, -0.2) is 13.2 Å². The fraction of sp³-hybridized carbons (Fsp3) is 0.400. The molecule has 0 aliphatic heterocycles. The van der Waals surface area contributed by atoms with Crippen molar-refractivity contribution in [2.24, 2.45) is 0 Å². The van der Waals surface area contributed by atoms with E-state index in [2.05, 4.69) is 0 Å². The lowest BCUT2D eigenvalue weighted by Crippen LogP contribution is -2.27. The molecule has 14 heavy (non-hydrogen) atoms. The average Bonchev–Trinajstić information content (AvgIpc) is 2.04. The predicted molar refractivity (Wildman–Crippen MR) is 55.9 cm³/mol. The van der Waals surface area contributed by atoms with Gasteiger partial charge in [0.1, 0.15) is 0 Å². The van der Waals surface area contributed by atoms with E-state index in [1.807, 2.05) is 6.07 Å². The summed E-state index contributed by atoms with van der Waals surface area (Å²) < 4.78 is 23.0. The first-order chi connectivity index (χ1) is 5.86. The van der Waals surface area contributed by atoms with E-state index in [1.54, 1.807) is 45.0 Å². The van der Waals surface area contributed by atoms with Crippen LogP contribution in [0.3, 0.4) is 0 Å². The van der Waals surface area contributed by atoms with E-state index in [1.165, 1.54) is 0 Å². The Kier molecular flexibility index (Phi) is 3.82. The van der Waals surface area contributed by atoms with E-state index < -0.39 is 14.6 Å². The van der Waals surface area contributed by atoms with Crippen LogP contribution < -0.4 is 0 Å². The van der Waals surface area contributed by atoms with Crippen molar-refractivity contribution in [2.75, 3.05) is 0 Å². The van der Waals surface area contributed by atoms with Gasteiger partial charge in [0, 0.05) is 0 Å².